The molecule has 0 amide bonds. The lowest BCUT2D eigenvalue weighted by molar-refractivity contribution is 0.186. The van der Waals surface area contributed by atoms with Crippen molar-refractivity contribution in [1.29, 1.82) is 0 Å². The van der Waals surface area contributed by atoms with Gasteiger partial charge in [-0.2, -0.15) is 0 Å². The van der Waals surface area contributed by atoms with Gasteiger partial charge in [-0.3, -0.25) is 4.90 Å². The molecule has 2 aliphatic heterocycles. The van der Waals surface area contributed by atoms with E-state index in [-0.39, 0.29) is 12.6 Å². The molecule has 0 radical (unpaired) electrons. The maximum atomic E-state index is 12.2. The molecule has 2 saturated heterocycles. The van der Waals surface area contributed by atoms with Crippen molar-refractivity contribution in [3.05, 3.63) is 0 Å². The SMILES string of the molecule is CCC(CN)S(=O)(=O)NC1CCN2CCCCC12. The number of piperidine rings is 1. The van der Waals surface area contributed by atoms with Crippen LogP contribution in [0.25, 0.3) is 0 Å². The highest BCUT2D eigenvalue weighted by atomic mass is 32.2. The molecule has 3 unspecified atom stereocenters. The number of nitrogens with zero attached hydrogens (tertiary/aromatic N) is 1. The lowest BCUT2D eigenvalue weighted by Crippen LogP contribution is -2.50. The van der Waals surface area contributed by atoms with Crippen LogP contribution in [0.4, 0.5) is 0 Å². The maximum absolute atomic E-state index is 12.2. The fraction of sp³-hybridized carbons (Fsp3) is 1.00. The Bertz CT molecular complexity index is 368. The van der Waals surface area contributed by atoms with Crippen molar-refractivity contribution in [1.82, 2.24) is 9.62 Å². The highest BCUT2D eigenvalue weighted by Gasteiger charge is 2.38. The van der Waals surface area contributed by atoms with Gasteiger partial charge in [0.1, 0.15) is 0 Å². The quantitative estimate of drug-likeness (QED) is 0.755. The third kappa shape index (κ3) is 2.87. The van der Waals surface area contributed by atoms with Crippen LogP contribution in [0.15, 0.2) is 0 Å². The lowest BCUT2D eigenvalue weighted by Gasteiger charge is -2.33. The molecule has 0 aromatic heterocycles. The molecule has 2 aliphatic rings. The molecule has 0 aromatic rings. The number of nitrogens with two attached hydrogens (primary N) is 1. The van der Waals surface area contributed by atoms with Crippen LogP contribution in [0.5, 0.6) is 0 Å². The minimum absolute atomic E-state index is 0.0934. The van der Waals surface area contributed by atoms with E-state index in [0.717, 1.165) is 25.9 Å². The van der Waals surface area contributed by atoms with E-state index in [9.17, 15) is 8.42 Å². The number of fused-ring (bicyclic) bond motifs is 1. The van der Waals surface area contributed by atoms with E-state index in [1.165, 1.54) is 12.8 Å². The Morgan fingerprint density at radius 2 is 2.11 bits per heavy atom. The molecule has 2 heterocycles. The fourth-order valence-electron chi connectivity index (χ4n) is 3.20. The Balaban J connectivity index is 2.01. The highest BCUT2D eigenvalue weighted by molar-refractivity contribution is 7.90. The summed E-state index contributed by atoms with van der Waals surface area (Å²) in [7, 11) is -3.26. The summed E-state index contributed by atoms with van der Waals surface area (Å²) in [5.41, 5.74) is 5.55. The lowest BCUT2D eigenvalue weighted by atomic mass is 10.00. The first-order valence-corrected chi connectivity index (χ1v) is 8.58. The van der Waals surface area contributed by atoms with Gasteiger partial charge in [-0.05, 0) is 32.2 Å². The van der Waals surface area contributed by atoms with Gasteiger partial charge in [-0.1, -0.05) is 13.3 Å². The predicted octanol–water partition coefficient (Wildman–Crippen LogP) is 0.270. The van der Waals surface area contributed by atoms with Crippen LogP contribution >= 0.6 is 0 Å². The number of sulfonamides is 1. The zero-order valence-electron chi connectivity index (χ0n) is 11.1. The third-order valence-electron chi connectivity index (χ3n) is 4.33. The number of hydrogen-bond donors (Lipinski definition) is 2. The Morgan fingerprint density at radius 1 is 1.33 bits per heavy atom. The zero-order chi connectivity index (χ0) is 13.2. The monoisotopic (exact) mass is 275 g/mol. The summed E-state index contributed by atoms with van der Waals surface area (Å²) in [6, 6.07) is 0.500. The van der Waals surface area contributed by atoms with E-state index in [1.807, 2.05) is 6.92 Å². The number of nitrogens with one attached hydrogen (secondary N) is 1. The third-order valence-corrected chi connectivity index (χ3v) is 6.36. The molecule has 0 bridgehead atoms. The number of rotatable bonds is 5. The molecule has 0 spiro atoms. The molecule has 0 saturated carbocycles. The van der Waals surface area contributed by atoms with Crippen LogP contribution in [0.1, 0.15) is 39.0 Å². The second-order valence-corrected chi connectivity index (χ2v) is 7.42. The topological polar surface area (TPSA) is 75.4 Å². The zero-order valence-corrected chi connectivity index (χ0v) is 12.0. The van der Waals surface area contributed by atoms with Crippen molar-refractivity contribution >= 4 is 10.0 Å². The molecule has 6 heteroatoms. The van der Waals surface area contributed by atoms with Gasteiger partial charge in [0, 0.05) is 25.2 Å². The van der Waals surface area contributed by atoms with Crippen molar-refractivity contribution in [2.45, 2.75) is 56.4 Å². The van der Waals surface area contributed by atoms with Crippen molar-refractivity contribution in [3.63, 3.8) is 0 Å². The average molecular weight is 275 g/mol. The van der Waals surface area contributed by atoms with Gasteiger partial charge in [0.25, 0.3) is 0 Å². The second-order valence-electron chi connectivity index (χ2n) is 5.42. The van der Waals surface area contributed by atoms with Crippen molar-refractivity contribution < 1.29 is 8.42 Å². The van der Waals surface area contributed by atoms with Gasteiger partial charge >= 0.3 is 0 Å². The molecule has 18 heavy (non-hydrogen) atoms. The Labute approximate surface area is 110 Å². The Kier molecular flexibility index (Phi) is 4.64. The van der Waals surface area contributed by atoms with Crippen molar-refractivity contribution in [2.24, 2.45) is 5.73 Å². The van der Waals surface area contributed by atoms with E-state index in [2.05, 4.69) is 9.62 Å². The fourth-order valence-corrected chi connectivity index (χ4v) is 4.79. The molecule has 106 valence electrons. The Morgan fingerprint density at radius 3 is 2.78 bits per heavy atom. The minimum atomic E-state index is -3.26. The highest BCUT2D eigenvalue weighted by Crippen LogP contribution is 2.27. The van der Waals surface area contributed by atoms with Gasteiger partial charge < -0.3 is 5.73 Å². The largest absolute Gasteiger partial charge is 0.329 e. The summed E-state index contributed by atoms with van der Waals surface area (Å²) in [6.45, 7) is 4.22. The van der Waals surface area contributed by atoms with Crippen LogP contribution in [0.3, 0.4) is 0 Å². The summed E-state index contributed by atoms with van der Waals surface area (Å²) in [4.78, 5) is 2.43. The summed E-state index contributed by atoms with van der Waals surface area (Å²) in [6.07, 6.45) is 5.09. The van der Waals surface area contributed by atoms with Gasteiger partial charge in [0.15, 0.2) is 0 Å². The Hall–Kier alpha value is -0.170. The standard InChI is InChI=1S/C12H25N3O2S/c1-2-10(9-13)18(16,17)14-11-6-8-15-7-4-3-5-12(11)15/h10-12,14H,2-9,13H2,1H3. The normalized spacial score (nSPS) is 31.2. The first-order chi connectivity index (χ1) is 8.58. The van der Waals surface area contributed by atoms with Gasteiger partial charge in [0.05, 0.1) is 5.25 Å². The van der Waals surface area contributed by atoms with Crippen LogP contribution in [-0.4, -0.2) is 50.3 Å². The summed E-state index contributed by atoms with van der Waals surface area (Å²) in [5, 5.41) is -0.449. The molecule has 3 N–H and O–H groups in total. The van der Waals surface area contributed by atoms with Gasteiger partial charge in [-0.25, -0.2) is 13.1 Å². The van der Waals surface area contributed by atoms with Gasteiger partial charge in [-0.15, -0.1) is 0 Å². The first-order valence-electron chi connectivity index (χ1n) is 7.03. The minimum Gasteiger partial charge on any atom is -0.329 e. The van der Waals surface area contributed by atoms with Crippen LogP contribution in [0, 0.1) is 0 Å². The maximum Gasteiger partial charge on any atom is 0.216 e. The van der Waals surface area contributed by atoms with Crippen LogP contribution in [0.2, 0.25) is 0 Å². The van der Waals surface area contributed by atoms with E-state index in [0.29, 0.717) is 12.5 Å². The van der Waals surface area contributed by atoms with Crippen molar-refractivity contribution in [2.75, 3.05) is 19.6 Å². The average Bonchev–Trinajstić information content (AvgIpc) is 2.73. The molecule has 0 aromatic carbocycles. The molecular formula is C12H25N3O2S. The number of hydrogen-bond acceptors (Lipinski definition) is 4. The first kappa shape index (κ1) is 14.2. The molecule has 2 rings (SSSR count). The van der Waals surface area contributed by atoms with E-state index >= 15 is 0 Å². The second kappa shape index (κ2) is 5.86. The van der Waals surface area contributed by atoms with Crippen LogP contribution < -0.4 is 10.5 Å². The summed E-state index contributed by atoms with van der Waals surface area (Å²) < 4.78 is 27.3. The van der Waals surface area contributed by atoms with E-state index < -0.39 is 15.3 Å². The molecule has 5 nitrogen and oxygen atoms in total. The van der Waals surface area contributed by atoms with Gasteiger partial charge in [0.2, 0.25) is 10.0 Å². The van der Waals surface area contributed by atoms with E-state index in [4.69, 9.17) is 5.73 Å². The molecule has 0 aliphatic carbocycles. The molecular weight excluding hydrogens is 250 g/mol. The van der Waals surface area contributed by atoms with Crippen LogP contribution in [-0.2, 0) is 10.0 Å². The summed E-state index contributed by atoms with van der Waals surface area (Å²) in [5.74, 6) is 0. The molecule has 2 fully saturated rings. The summed E-state index contributed by atoms with van der Waals surface area (Å²) >= 11 is 0. The molecule has 3 atom stereocenters. The predicted molar refractivity (Wildman–Crippen MR) is 72.8 cm³/mol. The van der Waals surface area contributed by atoms with E-state index in [1.54, 1.807) is 0 Å². The smallest absolute Gasteiger partial charge is 0.216 e. The van der Waals surface area contributed by atoms with Crippen molar-refractivity contribution in [3.8, 4) is 0 Å².